The van der Waals surface area contributed by atoms with E-state index < -0.39 is 6.10 Å². The third-order valence-corrected chi connectivity index (χ3v) is 2.56. The first-order valence-electron chi connectivity index (χ1n) is 5.80. The van der Waals surface area contributed by atoms with Gasteiger partial charge in [0.2, 0.25) is 0 Å². The zero-order chi connectivity index (χ0) is 13.4. The highest BCUT2D eigenvalue weighted by Gasteiger charge is 2.10. The van der Waals surface area contributed by atoms with Gasteiger partial charge in [0.25, 0.3) is 0 Å². The van der Waals surface area contributed by atoms with Gasteiger partial charge in [0.05, 0.1) is 25.9 Å². The standard InChI is InChI=1S/C14H20O4/c1-4-14(15)11(2)18-10-17-9-12-5-7-13(16-3)8-6-12/h4-8,11,14-15H,1,9-10H2,2-3H3/t11-,14-/m0/s1. The van der Waals surface area contributed by atoms with Crippen molar-refractivity contribution in [3.63, 3.8) is 0 Å². The maximum Gasteiger partial charge on any atom is 0.147 e. The lowest BCUT2D eigenvalue weighted by Gasteiger charge is -2.16. The molecular formula is C14H20O4. The molecule has 0 aliphatic heterocycles. The fourth-order valence-corrected chi connectivity index (χ4v) is 1.33. The zero-order valence-electron chi connectivity index (χ0n) is 10.8. The summed E-state index contributed by atoms with van der Waals surface area (Å²) in [6, 6.07) is 7.62. The van der Waals surface area contributed by atoms with Crippen LogP contribution in [0.25, 0.3) is 0 Å². The number of hydrogen-bond acceptors (Lipinski definition) is 4. The highest BCUT2D eigenvalue weighted by molar-refractivity contribution is 5.26. The average molecular weight is 252 g/mol. The van der Waals surface area contributed by atoms with Crippen molar-refractivity contribution in [1.29, 1.82) is 0 Å². The normalized spacial score (nSPS) is 13.9. The molecule has 4 nitrogen and oxygen atoms in total. The number of aliphatic hydroxyl groups is 1. The van der Waals surface area contributed by atoms with Gasteiger partial charge in [-0.1, -0.05) is 18.2 Å². The van der Waals surface area contributed by atoms with Gasteiger partial charge >= 0.3 is 0 Å². The van der Waals surface area contributed by atoms with Crippen LogP contribution < -0.4 is 4.74 Å². The van der Waals surface area contributed by atoms with E-state index in [0.29, 0.717) is 6.61 Å². The highest BCUT2D eigenvalue weighted by atomic mass is 16.7. The van der Waals surface area contributed by atoms with Crippen LogP contribution in [0.3, 0.4) is 0 Å². The molecule has 0 amide bonds. The first-order valence-corrected chi connectivity index (χ1v) is 5.80. The van der Waals surface area contributed by atoms with Crippen LogP contribution in [-0.4, -0.2) is 31.2 Å². The molecule has 0 saturated heterocycles. The minimum absolute atomic E-state index is 0.137. The Bertz CT molecular complexity index is 347. The largest absolute Gasteiger partial charge is 0.497 e. The second-order valence-corrected chi connectivity index (χ2v) is 3.91. The fourth-order valence-electron chi connectivity index (χ4n) is 1.33. The number of benzene rings is 1. The van der Waals surface area contributed by atoms with E-state index >= 15 is 0 Å². The number of hydrogen-bond donors (Lipinski definition) is 1. The molecule has 1 aromatic rings. The molecule has 1 rings (SSSR count). The molecule has 1 aromatic carbocycles. The van der Waals surface area contributed by atoms with Crippen LogP contribution in [0, 0.1) is 0 Å². The maximum absolute atomic E-state index is 9.39. The first-order chi connectivity index (χ1) is 8.67. The molecule has 0 spiro atoms. The van der Waals surface area contributed by atoms with Crippen molar-refractivity contribution in [3.8, 4) is 5.75 Å². The van der Waals surface area contributed by atoms with Crippen molar-refractivity contribution < 1.29 is 19.3 Å². The van der Waals surface area contributed by atoms with Crippen LogP contribution >= 0.6 is 0 Å². The Balaban J connectivity index is 2.23. The minimum atomic E-state index is -0.672. The number of methoxy groups -OCH3 is 1. The van der Waals surface area contributed by atoms with Crippen molar-refractivity contribution in [2.75, 3.05) is 13.9 Å². The van der Waals surface area contributed by atoms with E-state index in [9.17, 15) is 5.11 Å². The monoisotopic (exact) mass is 252 g/mol. The van der Waals surface area contributed by atoms with Crippen LogP contribution in [0.2, 0.25) is 0 Å². The Hall–Kier alpha value is -1.36. The Morgan fingerprint density at radius 3 is 2.56 bits per heavy atom. The van der Waals surface area contributed by atoms with E-state index in [-0.39, 0.29) is 12.9 Å². The van der Waals surface area contributed by atoms with Gasteiger partial charge in [0.15, 0.2) is 0 Å². The lowest BCUT2D eigenvalue weighted by atomic mass is 10.2. The summed E-state index contributed by atoms with van der Waals surface area (Å²) in [7, 11) is 1.63. The molecule has 4 heteroatoms. The molecule has 0 aliphatic carbocycles. The van der Waals surface area contributed by atoms with E-state index in [2.05, 4.69) is 6.58 Å². The zero-order valence-corrected chi connectivity index (χ0v) is 10.8. The Labute approximate surface area is 108 Å². The van der Waals surface area contributed by atoms with Crippen LogP contribution in [0.5, 0.6) is 5.75 Å². The van der Waals surface area contributed by atoms with Crippen LogP contribution in [-0.2, 0) is 16.1 Å². The van der Waals surface area contributed by atoms with Gasteiger partial charge in [-0.3, -0.25) is 0 Å². The number of rotatable bonds is 8. The average Bonchev–Trinajstić information content (AvgIpc) is 2.43. The van der Waals surface area contributed by atoms with E-state index in [1.165, 1.54) is 6.08 Å². The van der Waals surface area contributed by atoms with E-state index in [4.69, 9.17) is 14.2 Å². The van der Waals surface area contributed by atoms with Crippen LogP contribution in [0.15, 0.2) is 36.9 Å². The maximum atomic E-state index is 9.39. The molecule has 100 valence electrons. The Kier molecular flexibility index (Phi) is 6.43. The lowest BCUT2D eigenvalue weighted by Crippen LogP contribution is -2.24. The molecule has 0 bridgehead atoms. The van der Waals surface area contributed by atoms with E-state index in [0.717, 1.165) is 11.3 Å². The Morgan fingerprint density at radius 1 is 1.33 bits per heavy atom. The second kappa shape index (κ2) is 7.87. The predicted molar refractivity (Wildman–Crippen MR) is 69.4 cm³/mol. The molecule has 18 heavy (non-hydrogen) atoms. The quantitative estimate of drug-likeness (QED) is 0.437. The molecule has 0 unspecified atom stereocenters. The van der Waals surface area contributed by atoms with Crippen molar-refractivity contribution in [1.82, 2.24) is 0 Å². The van der Waals surface area contributed by atoms with Crippen LogP contribution in [0.4, 0.5) is 0 Å². The van der Waals surface area contributed by atoms with Crippen molar-refractivity contribution in [3.05, 3.63) is 42.5 Å². The number of ether oxygens (including phenoxy) is 3. The van der Waals surface area contributed by atoms with Crippen molar-refractivity contribution in [2.24, 2.45) is 0 Å². The van der Waals surface area contributed by atoms with Gasteiger partial charge in [0.1, 0.15) is 12.5 Å². The molecule has 0 heterocycles. The summed E-state index contributed by atoms with van der Waals surface area (Å²) in [6.07, 6.45) is 0.446. The fraction of sp³-hybridized carbons (Fsp3) is 0.429. The topological polar surface area (TPSA) is 47.9 Å². The Morgan fingerprint density at radius 2 is 2.00 bits per heavy atom. The summed E-state index contributed by atoms with van der Waals surface area (Å²) < 4.78 is 15.7. The van der Waals surface area contributed by atoms with Gasteiger partial charge in [0, 0.05) is 0 Å². The molecule has 1 N–H and O–H groups in total. The lowest BCUT2D eigenvalue weighted by molar-refractivity contribution is -0.114. The van der Waals surface area contributed by atoms with Gasteiger partial charge in [-0.2, -0.15) is 0 Å². The minimum Gasteiger partial charge on any atom is -0.497 e. The van der Waals surface area contributed by atoms with E-state index in [1.54, 1.807) is 14.0 Å². The van der Waals surface area contributed by atoms with Gasteiger partial charge < -0.3 is 19.3 Å². The second-order valence-electron chi connectivity index (χ2n) is 3.91. The van der Waals surface area contributed by atoms with Gasteiger partial charge in [-0.05, 0) is 24.6 Å². The SMILES string of the molecule is C=C[C@H](O)[C@H](C)OCOCc1ccc(OC)cc1. The molecular weight excluding hydrogens is 232 g/mol. The molecule has 0 aromatic heterocycles. The first kappa shape index (κ1) is 14.7. The molecule has 0 saturated carbocycles. The summed E-state index contributed by atoms with van der Waals surface area (Å²) in [5, 5.41) is 9.39. The van der Waals surface area contributed by atoms with E-state index in [1.807, 2.05) is 24.3 Å². The smallest absolute Gasteiger partial charge is 0.147 e. The summed E-state index contributed by atoms with van der Waals surface area (Å²) in [4.78, 5) is 0. The van der Waals surface area contributed by atoms with Gasteiger partial charge in [-0.25, -0.2) is 0 Å². The highest BCUT2D eigenvalue weighted by Crippen LogP contribution is 2.12. The summed E-state index contributed by atoms with van der Waals surface area (Å²) in [5.41, 5.74) is 1.04. The predicted octanol–water partition coefficient (Wildman–Crippen LogP) is 2.12. The van der Waals surface area contributed by atoms with Gasteiger partial charge in [-0.15, -0.1) is 6.58 Å². The third kappa shape index (κ3) is 4.87. The third-order valence-electron chi connectivity index (χ3n) is 2.56. The van der Waals surface area contributed by atoms with Crippen molar-refractivity contribution in [2.45, 2.75) is 25.7 Å². The molecule has 0 radical (unpaired) electrons. The molecule has 0 fully saturated rings. The summed E-state index contributed by atoms with van der Waals surface area (Å²) in [6.45, 7) is 5.85. The summed E-state index contributed by atoms with van der Waals surface area (Å²) >= 11 is 0. The molecule has 0 aliphatic rings. The van der Waals surface area contributed by atoms with Crippen LogP contribution in [0.1, 0.15) is 12.5 Å². The molecule has 2 atom stereocenters. The van der Waals surface area contributed by atoms with Crippen molar-refractivity contribution >= 4 is 0 Å². The number of aliphatic hydroxyl groups excluding tert-OH is 1. The summed E-state index contributed by atoms with van der Waals surface area (Å²) in [5.74, 6) is 0.817.